The number of carbonyl (C=O) groups is 3. The van der Waals surface area contributed by atoms with Gasteiger partial charge in [0, 0.05) is 69.3 Å². The maximum atomic E-state index is 13.6. The highest BCUT2D eigenvalue weighted by molar-refractivity contribution is 6.30. The highest BCUT2D eigenvalue weighted by Gasteiger charge is 2.33. The number of nitrogens with one attached hydrogen (secondary N) is 1. The molecule has 1 unspecified atom stereocenters. The van der Waals surface area contributed by atoms with Gasteiger partial charge in [-0.25, -0.2) is 4.98 Å². The van der Waals surface area contributed by atoms with Gasteiger partial charge in [0.05, 0.1) is 5.02 Å². The number of nitrogens with zero attached hydrogens (tertiary/aromatic N) is 6. The van der Waals surface area contributed by atoms with Gasteiger partial charge in [-0.15, -0.1) is 0 Å². The SMILES string of the molecule is CC(C)CCN1C(=O)CCCN(C(=O)c2cn3cc(Cl)ccc3n2)CCCNC(=O)c2nn(C)c3c2CC1CC3. The number of carbonyl (C=O) groups excluding carboxylic acids is 3. The van der Waals surface area contributed by atoms with Crippen LogP contribution >= 0.6 is 11.6 Å². The predicted octanol–water partition coefficient (Wildman–Crippen LogP) is 3.51. The van der Waals surface area contributed by atoms with E-state index in [0.29, 0.717) is 79.8 Å². The molecular weight excluding hydrogens is 530 g/mol. The molecule has 0 saturated heterocycles. The van der Waals surface area contributed by atoms with Gasteiger partial charge in [-0.1, -0.05) is 25.4 Å². The molecule has 4 heterocycles. The van der Waals surface area contributed by atoms with E-state index in [2.05, 4.69) is 29.2 Å². The Morgan fingerprint density at radius 1 is 1.15 bits per heavy atom. The Hall–Kier alpha value is -3.40. The minimum atomic E-state index is -0.206. The van der Waals surface area contributed by atoms with Gasteiger partial charge in [-0.3, -0.25) is 19.1 Å². The summed E-state index contributed by atoms with van der Waals surface area (Å²) in [7, 11) is 1.88. The minimum Gasteiger partial charge on any atom is -0.351 e. The van der Waals surface area contributed by atoms with Gasteiger partial charge in [0.15, 0.2) is 5.69 Å². The van der Waals surface area contributed by atoms with Crippen LogP contribution in [0.15, 0.2) is 24.5 Å². The van der Waals surface area contributed by atoms with Crippen molar-refractivity contribution in [2.45, 2.75) is 64.8 Å². The normalized spacial score (nSPS) is 19.1. The van der Waals surface area contributed by atoms with Crippen LogP contribution in [0.5, 0.6) is 0 Å². The number of aryl methyl sites for hydroxylation is 1. The molecule has 40 heavy (non-hydrogen) atoms. The highest BCUT2D eigenvalue weighted by atomic mass is 35.5. The number of halogens is 1. The van der Waals surface area contributed by atoms with Gasteiger partial charge in [0.2, 0.25) is 5.91 Å². The molecule has 2 bridgehead atoms. The fraction of sp³-hybridized carbons (Fsp3) is 0.552. The largest absolute Gasteiger partial charge is 0.351 e. The van der Waals surface area contributed by atoms with E-state index in [4.69, 9.17) is 11.6 Å². The van der Waals surface area contributed by atoms with E-state index in [0.717, 1.165) is 30.5 Å². The third-order valence-electron chi connectivity index (χ3n) is 7.98. The van der Waals surface area contributed by atoms with E-state index in [9.17, 15) is 14.4 Å². The van der Waals surface area contributed by atoms with E-state index in [1.807, 2.05) is 16.6 Å². The first-order valence-corrected chi connectivity index (χ1v) is 14.6. The predicted molar refractivity (Wildman–Crippen MR) is 152 cm³/mol. The summed E-state index contributed by atoms with van der Waals surface area (Å²) in [5, 5.41) is 8.13. The highest BCUT2D eigenvalue weighted by Crippen LogP contribution is 2.28. The van der Waals surface area contributed by atoms with E-state index in [1.54, 1.807) is 33.8 Å². The first-order valence-electron chi connectivity index (χ1n) is 14.3. The van der Waals surface area contributed by atoms with Crippen LogP contribution in [-0.4, -0.2) is 78.9 Å². The molecule has 5 rings (SSSR count). The lowest BCUT2D eigenvalue weighted by Gasteiger charge is -2.35. The topological polar surface area (TPSA) is 105 Å². The first kappa shape index (κ1) is 28.1. The molecule has 1 atom stereocenters. The summed E-state index contributed by atoms with van der Waals surface area (Å²) in [4.78, 5) is 48.6. The molecule has 0 aromatic carbocycles. The quantitative estimate of drug-likeness (QED) is 0.519. The van der Waals surface area contributed by atoms with Crippen molar-refractivity contribution < 1.29 is 14.4 Å². The van der Waals surface area contributed by atoms with Gasteiger partial charge in [-0.05, 0) is 56.6 Å². The van der Waals surface area contributed by atoms with Crippen molar-refractivity contribution in [2.24, 2.45) is 13.0 Å². The Morgan fingerprint density at radius 2 is 1.95 bits per heavy atom. The minimum absolute atomic E-state index is 0.0298. The number of rotatable bonds is 4. The zero-order valence-electron chi connectivity index (χ0n) is 23.5. The Kier molecular flexibility index (Phi) is 8.44. The summed E-state index contributed by atoms with van der Waals surface area (Å²) in [6.07, 6.45) is 8.08. The molecule has 1 N–H and O–H groups in total. The number of aromatic nitrogens is 4. The number of fused-ring (bicyclic) bond motifs is 2. The number of amides is 3. The van der Waals surface area contributed by atoms with Crippen LogP contribution in [-0.2, 0) is 24.7 Å². The van der Waals surface area contributed by atoms with Crippen LogP contribution in [0, 0.1) is 5.92 Å². The van der Waals surface area contributed by atoms with E-state index in [1.165, 1.54) is 0 Å². The van der Waals surface area contributed by atoms with E-state index >= 15 is 0 Å². The van der Waals surface area contributed by atoms with Gasteiger partial charge in [0.25, 0.3) is 11.8 Å². The van der Waals surface area contributed by atoms with Crippen molar-refractivity contribution in [3.05, 3.63) is 52.2 Å². The van der Waals surface area contributed by atoms with Crippen LogP contribution in [0.25, 0.3) is 5.65 Å². The number of hydrogen-bond donors (Lipinski definition) is 1. The molecule has 2 aliphatic rings. The molecule has 1 aliphatic carbocycles. The van der Waals surface area contributed by atoms with Crippen molar-refractivity contribution in [1.29, 1.82) is 0 Å². The molecule has 1 aliphatic heterocycles. The molecule has 3 amide bonds. The number of pyridine rings is 1. The van der Waals surface area contributed by atoms with Crippen molar-refractivity contribution in [3.8, 4) is 0 Å². The van der Waals surface area contributed by atoms with Crippen molar-refractivity contribution in [2.75, 3.05) is 26.2 Å². The molecule has 3 aromatic rings. The van der Waals surface area contributed by atoms with Crippen molar-refractivity contribution >= 4 is 35.0 Å². The van der Waals surface area contributed by atoms with Crippen molar-refractivity contribution in [1.82, 2.24) is 34.3 Å². The standard InChI is InChI=1S/C29H38ClN7O3/c1-19(2)11-15-37-21-8-9-24-22(16-21)27(33-34(24)3)28(39)31-12-5-14-35(13-4-6-26(37)38)29(40)23-18-36-17-20(30)7-10-25(36)32-23/h7,10,17-19,21H,4-6,8-9,11-16H2,1-3H3,(H,31,39). The molecule has 214 valence electrons. The van der Waals surface area contributed by atoms with Gasteiger partial charge in [-0.2, -0.15) is 5.10 Å². The second-order valence-electron chi connectivity index (χ2n) is 11.3. The fourth-order valence-corrected chi connectivity index (χ4v) is 5.96. The van der Waals surface area contributed by atoms with Crippen LogP contribution in [0.3, 0.4) is 0 Å². The van der Waals surface area contributed by atoms with E-state index < -0.39 is 0 Å². The summed E-state index contributed by atoms with van der Waals surface area (Å²) < 4.78 is 3.55. The van der Waals surface area contributed by atoms with Gasteiger partial charge < -0.3 is 19.5 Å². The zero-order valence-corrected chi connectivity index (χ0v) is 24.3. The molecular formula is C29H38ClN7O3. The molecule has 0 radical (unpaired) electrons. The van der Waals surface area contributed by atoms with E-state index in [-0.39, 0.29) is 23.8 Å². The lowest BCUT2D eigenvalue weighted by molar-refractivity contribution is -0.134. The monoisotopic (exact) mass is 567 g/mol. The molecule has 10 nitrogen and oxygen atoms in total. The van der Waals surface area contributed by atoms with Gasteiger partial charge >= 0.3 is 0 Å². The lowest BCUT2D eigenvalue weighted by Crippen LogP contribution is -2.45. The lowest BCUT2D eigenvalue weighted by atomic mass is 9.89. The van der Waals surface area contributed by atoms with Crippen LogP contribution < -0.4 is 5.32 Å². The van der Waals surface area contributed by atoms with Crippen LogP contribution in [0.4, 0.5) is 0 Å². The number of imidazole rings is 1. The average molecular weight is 568 g/mol. The summed E-state index contributed by atoms with van der Waals surface area (Å²) in [5.74, 6) is 0.167. The number of hydrogen-bond acceptors (Lipinski definition) is 5. The summed E-state index contributed by atoms with van der Waals surface area (Å²) in [6.45, 7) is 6.29. The smallest absolute Gasteiger partial charge is 0.274 e. The summed E-state index contributed by atoms with van der Waals surface area (Å²) >= 11 is 6.11. The zero-order chi connectivity index (χ0) is 28.4. The maximum absolute atomic E-state index is 13.6. The fourth-order valence-electron chi connectivity index (χ4n) is 5.79. The average Bonchev–Trinajstić information content (AvgIpc) is 3.49. The second-order valence-corrected chi connectivity index (χ2v) is 11.7. The second kappa shape index (κ2) is 12.0. The molecule has 0 saturated carbocycles. The third kappa shape index (κ3) is 6.01. The Balaban J connectivity index is 1.39. The van der Waals surface area contributed by atoms with Crippen LogP contribution in [0.2, 0.25) is 5.02 Å². The molecule has 0 spiro atoms. The molecule has 0 fully saturated rings. The first-order chi connectivity index (χ1) is 19.2. The molecule has 3 aromatic heterocycles. The third-order valence-corrected chi connectivity index (χ3v) is 8.21. The summed E-state index contributed by atoms with van der Waals surface area (Å²) in [5.41, 5.74) is 3.44. The van der Waals surface area contributed by atoms with Crippen molar-refractivity contribution in [3.63, 3.8) is 0 Å². The van der Waals surface area contributed by atoms with Crippen LogP contribution in [0.1, 0.15) is 78.2 Å². The Morgan fingerprint density at radius 3 is 2.75 bits per heavy atom. The molecule has 11 heteroatoms. The van der Waals surface area contributed by atoms with Gasteiger partial charge in [0.1, 0.15) is 11.3 Å². The summed E-state index contributed by atoms with van der Waals surface area (Å²) in [6, 6.07) is 3.54. The Bertz CT molecular complexity index is 1410. The maximum Gasteiger partial charge on any atom is 0.274 e. The Labute approximate surface area is 239 Å².